The van der Waals surface area contributed by atoms with E-state index < -0.39 is 10.8 Å². The van der Waals surface area contributed by atoms with Crippen LogP contribution in [0.2, 0.25) is 0 Å². The van der Waals surface area contributed by atoms with E-state index in [9.17, 15) is 14.9 Å². The molecule has 0 aliphatic carbocycles. The van der Waals surface area contributed by atoms with E-state index in [1.54, 1.807) is 36.4 Å². The highest BCUT2D eigenvalue weighted by Crippen LogP contribution is 2.27. The number of carbonyl (C=O) groups excluding carboxylic acids is 1. The number of nitro groups is 1. The second kappa shape index (κ2) is 8.50. The zero-order chi connectivity index (χ0) is 21.8. The first-order valence-electron chi connectivity index (χ1n) is 9.30. The quantitative estimate of drug-likeness (QED) is 0.277. The van der Waals surface area contributed by atoms with Gasteiger partial charge in [-0.25, -0.2) is 5.43 Å². The Morgan fingerprint density at radius 2 is 1.84 bits per heavy atom. The summed E-state index contributed by atoms with van der Waals surface area (Å²) in [5.41, 5.74) is 3.36. The number of carbonyl (C=O) groups is 1. The summed E-state index contributed by atoms with van der Waals surface area (Å²) in [5.74, 6) is 0.849. The summed E-state index contributed by atoms with van der Waals surface area (Å²) in [6.45, 7) is 0. The van der Waals surface area contributed by atoms with Crippen molar-refractivity contribution in [2.24, 2.45) is 5.10 Å². The average Bonchev–Trinajstić information content (AvgIpc) is 3.27. The van der Waals surface area contributed by atoms with Crippen LogP contribution >= 0.6 is 0 Å². The van der Waals surface area contributed by atoms with Crippen LogP contribution in [0, 0.1) is 10.1 Å². The first-order chi connectivity index (χ1) is 15.0. The number of fused-ring (bicyclic) bond motifs is 1. The van der Waals surface area contributed by atoms with Gasteiger partial charge < -0.3 is 9.15 Å². The molecule has 0 aliphatic heterocycles. The van der Waals surface area contributed by atoms with Crippen LogP contribution in [0.5, 0.6) is 5.75 Å². The third-order valence-electron chi connectivity index (χ3n) is 4.64. The number of nitro benzene ring substituents is 1. The van der Waals surface area contributed by atoms with Crippen LogP contribution in [0.3, 0.4) is 0 Å². The van der Waals surface area contributed by atoms with Crippen molar-refractivity contribution in [2.75, 3.05) is 7.11 Å². The van der Waals surface area contributed by atoms with Gasteiger partial charge in [-0.1, -0.05) is 36.4 Å². The van der Waals surface area contributed by atoms with E-state index in [-0.39, 0.29) is 5.69 Å². The number of nitrogens with one attached hydrogen (secondary N) is 1. The van der Waals surface area contributed by atoms with E-state index in [1.807, 2.05) is 24.3 Å². The number of methoxy groups -OCH3 is 1. The maximum atomic E-state index is 12.6. The van der Waals surface area contributed by atoms with E-state index in [0.717, 1.165) is 10.8 Å². The van der Waals surface area contributed by atoms with E-state index in [0.29, 0.717) is 28.4 Å². The topological polar surface area (TPSA) is 107 Å². The molecular weight excluding hydrogens is 398 g/mol. The fraction of sp³-hybridized carbons (Fsp3) is 0.0435. The van der Waals surface area contributed by atoms with Crippen molar-refractivity contribution in [3.05, 3.63) is 94.2 Å². The molecule has 1 amide bonds. The van der Waals surface area contributed by atoms with Gasteiger partial charge in [0.1, 0.15) is 17.3 Å². The summed E-state index contributed by atoms with van der Waals surface area (Å²) in [6.07, 6.45) is 1.35. The van der Waals surface area contributed by atoms with Gasteiger partial charge in [0.15, 0.2) is 0 Å². The number of hydrogen-bond donors (Lipinski definition) is 1. The summed E-state index contributed by atoms with van der Waals surface area (Å²) in [6, 6.07) is 20.6. The molecule has 0 atom stereocenters. The Labute approximate surface area is 176 Å². The number of rotatable bonds is 6. The molecule has 1 aromatic heterocycles. The Hall–Kier alpha value is -4.46. The third-order valence-corrected chi connectivity index (χ3v) is 4.64. The Morgan fingerprint density at radius 3 is 2.58 bits per heavy atom. The second-order valence-corrected chi connectivity index (χ2v) is 6.61. The number of ether oxygens (including phenoxy) is 1. The molecule has 1 heterocycles. The number of nitrogens with zero attached hydrogens (tertiary/aromatic N) is 2. The van der Waals surface area contributed by atoms with Crippen molar-refractivity contribution in [3.63, 3.8) is 0 Å². The molecule has 0 radical (unpaired) electrons. The number of hydrazone groups is 1. The van der Waals surface area contributed by atoms with Gasteiger partial charge >= 0.3 is 0 Å². The van der Waals surface area contributed by atoms with Crippen LogP contribution in [0.25, 0.3) is 22.1 Å². The summed E-state index contributed by atoms with van der Waals surface area (Å²) < 4.78 is 11.0. The van der Waals surface area contributed by atoms with Crippen molar-refractivity contribution in [1.82, 2.24) is 5.43 Å². The van der Waals surface area contributed by atoms with Crippen molar-refractivity contribution < 1.29 is 18.9 Å². The third kappa shape index (κ3) is 4.27. The fourth-order valence-corrected chi connectivity index (χ4v) is 3.13. The first-order valence-corrected chi connectivity index (χ1v) is 9.30. The van der Waals surface area contributed by atoms with Crippen molar-refractivity contribution >= 4 is 28.6 Å². The highest BCUT2D eigenvalue weighted by Gasteiger charge is 2.13. The lowest BCUT2D eigenvalue weighted by Gasteiger charge is -2.09. The smallest absolute Gasteiger partial charge is 0.275 e. The van der Waals surface area contributed by atoms with Gasteiger partial charge in [-0.05, 0) is 35.0 Å². The molecule has 8 heteroatoms. The lowest BCUT2D eigenvalue weighted by atomic mass is 10.1. The number of non-ortho nitro benzene ring substituents is 1. The number of benzene rings is 3. The molecular formula is C23H17N3O5. The molecule has 0 spiro atoms. The Bertz CT molecular complexity index is 1310. The monoisotopic (exact) mass is 415 g/mol. The zero-order valence-corrected chi connectivity index (χ0v) is 16.4. The normalized spacial score (nSPS) is 11.0. The molecule has 4 rings (SSSR count). The van der Waals surface area contributed by atoms with E-state index in [1.165, 1.54) is 25.5 Å². The minimum atomic E-state index is -0.467. The molecule has 0 saturated carbocycles. The van der Waals surface area contributed by atoms with Gasteiger partial charge in [-0.15, -0.1) is 0 Å². The molecule has 3 aromatic carbocycles. The summed E-state index contributed by atoms with van der Waals surface area (Å²) >= 11 is 0. The molecule has 0 unspecified atom stereocenters. The number of furan rings is 1. The van der Waals surface area contributed by atoms with Crippen molar-refractivity contribution in [2.45, 2.75) is 0 Å². The Kier molecular flexibility index (Phi) is 5.44. The summed E-state index contributed by atoms with van der Waals surface area (Å²) in [7, 11) is 1.50. The van der Waals surface area contributed by atoms with Gasteiger partial charge in [0.2, 0.25) is 0 Å². The lowest BCUT2D eigenvalue weighted by Crippen LogP contribution is -2.18. The van der Waals surface area contributed by atoms with Gasteiger partial charge in [0.05, 0.1) is 23.8 Å². The van der Waals surface area contributed by atoms with Crippen LogP contribution < -0.4 is 10.2 Å². The first kappa shape index (κ1) is 19.8. The largest absolute Gasteiger partial charge is 0.496 e. The Balaban J connectivity index is 1.49. The van der Waals surface area contributed by atoms with Crippen molar-refractivity contribution in [1.29, 1.82) is 0 Å². The van der Waals surface area contributed by atoms with Gasteiger partial charge in [-0.3, -0.25) is 14.9 Å². The maximum Gasteiger partial charge on any atom is 0.275 e. The lowest BCUT2D eigenvalue weighted by molar-refractivity contribution is -0.384. The minimum absolute atomic E-state index is 0.0271. The number of amides is 1. The molecule has 4 aromatic rings. The molecule has 0 bridgehead atoms. The van der Waals surface area contributed by atoms with E-state index in [4.69, 9.17) is 9.15 Å². The molecule has 1 N–H and O–H groups in total. The molecule has 0 fully saturated rings. The van der Waals surface area contributed by atoms with Gasteiger partial charge in [0.25, 0.3) is 11.6 Å². The fourth-order valence-electron chi connectivity index (χ4n) is 3.13. The van der Waals surface area contributed by atoms with E-state index in [2.05, 4.69) is 10.5 Å². The molecule has 0 aliphatic rings. The van der Waals surface area contributed by atoms with Crippen LogP contribution in [0.15, 0.2) is 82.3 Å². The van der Waals surface area contributed by atoms with E-state index >= 15 is 0 Å². The highest BCUT2D eigenvalue weighted by atomic mass is 16.6. The van der Waals surface area contributed by atoms with Crippen LogP contribution in [-0.4, -0.2) is 24.2 Å². The average molecular weight is 415 g/mol. The van der Waals surface area contributed by atoms with Crippen LogP contribution in [-0.2, 0) is 0 Å². The summed E-state index contributed by atoms with van der Waals surface area (Å²) in [5, 5.41) is 16.7. The van der Waals surface area contributed by atoms with Crippen molar-refractivity contribution in [3.8, 4) is 17.1 Å². The van der Waals surface area contributed by atoms with Crippen LogP contribution in [0.4, 0.5) is 5.69 Å². The zero-order valence-electron chi connectivity index (χ0n) is 16.4. The molecule has 31 heavy (non-hydrogen) atoms. The molecule has 8 nitrogen and oxygen atoms in total. The SMILES string of the molecule is COc1cc2ccccc2cc1C(=O)NN=Cc1ccc(-c2cccc([N+](=O)[O-])c2)o1. The summed E-state index contributed by atoms with van der Waals surface area (Å²) in [4.78, 5) is 23.1. The van der Waals surface area contributed by atoms with Crippen LogP contribution in [0.1, 0.15) is 16.1 Å². The highest BCUT2D eigenvalue weighted by molar-refractivity contribution is 6.01. The molecule has 0 saturated heterocycles. The predicted molar refractivity (Wildman–Crippen MR) is 116 cm³/mol. The maximum absolute atomic E-state index is 12.6. The van der Waals surface area contributed by atoms with Gasteiger partial charge in [0, 0.05) is 17.7 Å². The molecule has 154 valence electrons. The number of hydrogen-bond acceptors (Lipinski definition) is 6. The standard InChI is InChI=1S/C23H17N3O5/c1-30-22-13-16-6-3-2-5-15(16)12-20(22)23(27)25-24-14-19-9-10-21(31-19)17-7-4-8-18(11-17)26(28)29/h2-14H,1H3,(H,25,27). The second-order valence-electron chi connectivity index (χ2n) is 6.61. The minimum Gasteiger partial charge on any atom is -0.496 e. The van der Waals surface area contributed by atoms with Gasteiger partial charge in [-0.2, -0.15) is 5.10 Å². The predicted octanol–water partition coefficient (Wildman–Crippen LogP) is 4.78. The Morgan fingerprint density at radius 1 is 1.06 bits per heavy atom.